The maximum Gasteiger partial charge on any atom is 0.311 e. The molecule has 5 rings (SSSR count). The van der Waals surface area contributed by atoms with Gasteiger partial charge in [-0.1, -0.05) is 25.3 Å². The maximum absolute atomic E-state index is 13.2. The number of rotatable bonds is 6. The average molecular weight is 624 g/mol. The van der Waals surface area contributed by atoms with Crippen molar-refractivity contribution in [3.63, 3.8) is 0 Å². The summed E-state index contributed by atoms with van der Waals surface area (Å²) in [6.45, 7) is 2.23. The van der Waals surface area contributed by atoms with E-state index in [1.807, 2.05) is 31.2 Å². The van der Waals surface area contributed by atoms with Crippen molar-refractivity contribution in [2.24, 2.45) is 0 Å². The molecule has 2 aliphatic rings. The first-order valence-electron chi connectivity index (χ1n) is 14.9. The van der Waals surface area contributed by atoms with Crippen molar-refractivity contribution in [1.82, 2.24) is 23.8 Å². The van der Waals surface area contributed by atoms with E-state index in [9.17, 15) is 22.8 Å². The van der Waals surface area contributed by atoms with Crippen LogP contribution in [0.2, 0.25) is 0 Å². The van der Waals surface area contributed by atoms with E-state index in [0.29, 0.717) is 24.6 Å². The summed E-state index contributed by atoms with van der Waals surface area (Å²) in [4.78, 5) is 40.2. The minimum atomic E-state index is -4.00. The highest BCUT2D eigenvalue weighted by Gasteiger charge is 2.38. The van der Waals surface area contributed by atoms with E-state index in [2.05, 4.69) is 14.6 Å². The number of fused-ring (bicyclic) bond motifs is 5. The fraction of sp³-hybridized carbons (Fsp3) is 0.469. The van der Waals surface area contributed by atoms with Crippen LogP contribution >= 0.6 is 0 Å². The van der Waals surface area contributed by atoms with Gasteiger partial charge in [0.05, 0.1) is 18.3 Å². The third-order valence-corrected chi connectivity index (χ3v) is 10.2. The molecule has 1 unspecified atom stereocenters. The zero-order valence-corrected chi connectivity index (χ0v) is 27.0. The summed E-state index contributed by atoms with van der Waals surface area (Å²) in [6, 6.07) is 11.3. The van der Waals surface area contributed by atoms with E-state index in [1.165, 1.54) is 45.1 Å². The molecule has 1 aliphatic heterocycles. The van der Waals surface area contributed by atoms with E-state index < -0.39 is 33.5 Å². The number of likely N-dealkylation sites (N-methyl/N-ethyl adjacent to an activating group) is 1. The average Bonchev–Trinajstić information content (AvgIpc) is 3.22. The lowest BCUT2D eigenvalue weighted by molar-refractivity contribution is -0.145. The van der Waals surface area contributed by atoms with Crippen LogP contribution in [0.3, 0.4) is 0 Å². The highest BCUT2D eigenvalue weighted by Crippen LogP contribution is 2.47. The molecule has 3 aromatic rings. The third kappa shape index (κ3) is 5.92. The Hall–Kier alpha value is -3.90. The van der Waals surface area contributed by atoms with Crippen molar-refractivity contribution in [1.29, 1.82) is 0 Å². The van der Waals surface area contributed by atoms with Crippen molar-refractivity contribution in [3.8, 4) is 17.0 Å². The van der Waals surface area contributed by atoms with E-state index in [1.54, 1.807) is 19.2 Å². The van der Waals surface area contributed by atoms with Crippen molar-refractivity contribution in [2.75, 3.05) is 35.3 Å². The van der Waals surface area contributed by atoms with Crippen LogP contribution in [-0.4, -0.2) is 80.8 Å². The molecule has 1 saturated carbocycles. The highest BCUT2D eigenvalue weighted by atomic mass is 32.2. The topological polar surface area (TPSA) is 130 Å². The van der Waals surface area contributed by atoms with Crippen LogP contribution in [0.4, 0.5) is 0 Å². The van der Waals surface area contributed by atoms with Crippen LogP contribution in [0.5, 0.6) is 5.75 Å². The monoisotopic (exact) mass is 623 g/mol. The standard InChI is InChI=1S/C32H41N5O6S/c1-32(33-30(39)31(40)35(2)3)18-22-16-23(43-6)13-15-24(22)28-27(20-10-8-7-9-11-20)25-14-12-21(17-26(25)37(28)19-32)29(38)34-44(41,42)36(4)5/h12-17,20H,7-11,18-19H2,1-6H3,(H,33,39)(H,34,38). The molecular formula is C32H41N5O6S. The molecule has 3 amide bonds. The lowest BCUT2D eigenvalue weighted by Crippen LogP contribution is -2.54. The number of hydrogen-bond donors (Lipinski definition) is 2. The molecular weight excluding hydrogens is 582 g/mol. The smallest absolute Gasteiger partial charge is 0.311 e. The Labute approximate surface area is 258 Å². The quantitative estimate of drug-likeness (QED) is 0.405. The number of hydrogen-bond acceptors (Lipinski definition) is 6. The lowest BCUT2D eigenvalue weighted by Gasteiger charge is -2.31. The first-order chi connectivity index (χ1) is 20.7. The number of carbonyl (C=O) groups excluding carboxylic acids is 3. The molecule has 0 bridgehead atoms. The normalized spacial score (nSPS) is 18.7. The maximum atomic E-state index is 13.2. The van der Waals surface area contributed by atoms with Crippen LogP contribution < -0.4 is 14.8 Å². The predicted molar refractivity (Wildman–Crippen MR) is 169 cm³/mol. The van der Waals surface area contributed by atoms with Gasteiger partial charge < -0.3 is 19.5 Å². The Kier molecular flexibility index (Phi) is 8.52. The number of ether oxygens (including phenoxy) is 1. The Morgan fingerprint density at radius 2 is 1.70 bits per heavy atom. The zero-order valence-electron chi connectivity index (χ0n) is 26.2. The Bertz CT molecular complexity index is 1740. The molecule has 236 valence electrons. The summed E-state index contributed by atoms with van der Waals surface area (Å²) in [6.07, 6.45) is 5.93. The third-order valence-electron chi connectivity index (χ3n) is 8.75. The Balaban J connectivity index is 1.75. The predicted octanol–water partition coefficient (Wildman–Crippen LogP) is 3.42. The number of nitrogens with one attached hydrogen (secondary N) is 2. The van der Waals surface area contributed by atoms with Crippen LogP contribution in [0.1, 0.15) is 66.4 Å². The van der Waals surface area contributed by atoms with Crippen LogP contribution in [0, 0.1) is 0 Å². The number of methoxy groups -OCH3 is 1. The highest BCUT2D eigenvalue weighted by molar-refractivity contribution is 7.87. The Morgan fingerprint density at radius 3 is 2.34 bits per heavy atom. The van der Waals surface area contributed by atoms with Gasteiger partial charge in [0.1, 0.15) is 5.75 Å². The van der Waals surface area contributed by atoms with Gasteiger partial charge in [0, 0.05) is 56.8 Å². The Morgan fingerprint density at radius 1 is 1.00 bits per heavy atom. The molecule has 1 aliphatic carbocycles. The second kappa shape index (κ2) is 11.9. The molecule has 0 radical (unpaired) electrons. The van der Waals surface area contributed by atoms with Crippen molar-refractivity contribution in [3.05, 3.63) is 53.1 Å². The van der Waals surface area contributed by atoms with E-state index in [-0.39, 0.29) is 5.56 Å². The number of nitrogens with zero attached hydrogens (tertiary/aromatic N) is 3. The van der Waals surface area contributed by atoms with Gasteiger partial charge in [-0.05, 0) is 73.6 Å². The number of benzene rings is 2. The van der Waals surface area contributed by atoms with Gasteiger partial charge in [0.15, 0.2) is 0 Å². The van der Waals surface area contributed by atoms with Crippen molar-refractivity contribution in [2.45, 2.75) is 63.5 Å². The summed E-state index contributed by atoms with van der Waals surface area (Å²) in [7, 11) is 3.39. The van der Waals surface area contributed by atoms with E-state index in [4.69, 9.17) is 4.74 Å². The zero-order chi connectivity index (χ0) is 32.0. The summed E-state index contributed by atoms with van der Waals surface area (Å²) in [5, 5.41) is 4.00. The molecule has 1 fully saturated rings. The first-order valence-corrected chi connectivity index (χ1v) is 16.3. The second-order valence-corrected chi connectivity index (χ2v) is 14.4. The van der Waals surface area contributed by atoms with Crippen molar-refractivity contribution >= 4 is 38.8 Å². The fourth-order valence-electron chi connectivity index (χ4n) is 6.56. The molecule has 2 N–H and O–H groups in total. The van der Waals surface area contributed by atoms with Gasteiger partial charge in [-0.3, -0.25) is 14.4 Å². The first kappa shape index (κ1) is 31.5. The van der Waals surface area contributed by atoms with Gasteiger partial charge in [-0.25, -0.2) is 4.72 Å². The second-order valence-electron chi connectivity index (χ2n) is 12.5. The fourth-order valence-corrected chi connectivity index (χ4v) is 7.09. The van der Waals surface area contributed by atoms with Gasteiger partial charge in [-0.15, -0.1) is 0 Å². The molecule has 2 aromatic carbocycles. The van der Waals surface area contributed by atoms with Crippen LogP contribution in [0.15, 0.2) is 36.4 Å². The van der Waals surface area contributed by atoms with E-state index >= 15 is 0 Å². The molecule has 1 atom stereocenters. The molecule has 0 spiro atoms. The summed E-state index contributed by atoms with van der Waals surface area (Å²) in [5.41, 5.74) is 4.25. The molecule has 12 heteroatoms. The minimum absolute atomic E-state index is 0.200. The summed E-state index contributed by atoms with van der Waals surface area (Å²) >= 11 is 0. The number of amides is 3. The van der Waals surface area contributed by atoms with E-state index in [0.717, 1.165) is 57.7 Å². The molecule has 11 nitrogen and oxygen atoms in total. The largest absolute Gasteiger partial charge is 0.497 e. The van der Waals surface area contributed by atoms with Crippen LogP contribution in [0.25, 0.3) is 22.2 Å². The lowest BCUT2D eigenvalue weighted by atomic mass is 9.81. The molecule has 44 heavy (non-hydrogen) atoms. The van der Waals surface area contributed by atoms with Gasteiger partial charge in [0.25, 0.3) is 5.91 Å². The van der Waals surface area contributed by atoms with Crippen LogP contribution in [-0.2, 0) is 32.8 Å². The van der Waals surface area contributed by atoms with Gasteiger partial charge in [0.2, 0.25) is 0 Å². The van der Waals surface area contributed by atoms with Gasteiger partial charge in [-0.2, -0.15) is 12.7 Å². The minimum Gasteiger partial charge on any atom is -0.497 e. The summed E-state index contributed by atoms with van der Waals surface area (Å²) in [5.74, 6) is -1.11. The van der Waals surface area contributed by atoms with Gasteiger partial charge >= 0.3 is 22.0 Å². The summed E-state index contributed by atoms with van der Waals surface area (Å²) < 4.78 is 35.7. The molecule has 0 saturated heterocycles. The molecule has 1 aromatic heterocycles. The number of carbonyl (C=O) groups is 3. The number of aromatic nitrogens is 1. The molecule has 2 heterocycles. The van der Waals surface area contributed by atoms with Crippen molar-refractivity contribution < 1.29 is 27.5 Å². The SMILES string of the molecule is COc1ccc2c(c1)CC(C)(NC(=O)C(=O)N(C)C)Cn1c-2c(C2CCCCC2)c2ccc(C(=O)NS(=O)(=O)N(C)C)cc21.